The van der Waals surface area contributed by atoms with E-state index in [1.165, 1.54) is 31.7 Å². The van der Waals surface area contributed by atoms with Crippen molar-refractivity contribution in [2.45, 2.75) is 18.9 Å². The Kier molecular flexibility index (Phi) is 4.26. The van der Waals surface area contributed by atoms with Gasteiger partial charge in [0.2, 0.25) is 0 Å². The van der Waals surface area contributed by atoms with Crippen molar-refractivity contribution in [3.8, 4) is 0 Å². The van der Waals surface area contributed by atoms with Crippen LogP contribution in [0.3, 0.4) is 0 Å². The van der Waals surface area contributed by atoms with Gasteiger partial charge in [0.05, 0.1) is 0 Å². The van der Waals surface area contributed by atoms with Gasteiger partial charge in [-0.25, -0.2) is 0 Å². The SMILES string of the molecule is CSCCN1CCC[C@@H](N)C1. The fourth-order valence-corrected chi connectivity index (χ4v) is 1.96. The first-order valence-electron chi connectivity index (χ1n) is 4.30. The van der Waals surface area contributed by atoms with Gasteiger partial charge in [0.1, 0.15) is 0 Å². The Morgan fingerprint density at radius 3 is 3.09 bits per heavy atom. The van der Waals surface area contributed by atoms with E-state index in [9.17, 15) is 0 Å². The molecule has 0 amide bonds. The van der Waals surface area contributed by atoms with Gasteiger partial charge in [0, 0.05) is 24.9 Å². The number of hydrogen-bond donors (Lipinski definition) is 1. The Hall–Kier alpha value is 0.270. The quantitative estimate of drug-likeness (QED) is 0.685. The van der Waals surface area contributed by atoms with Crippen LogP contribution in [0.1, 0.15) is 12.8 Å². The van der Waals surface area contributed by atoms with Crippen molar-refractivity contribution in [3.05, 3.63) is 0 Å². The highest BCUT2D eigenvalue weighted by Gasteiger charge is 2.15. The zero-order chi connectivity index (χ0) is 8.10. The van der Waals surface area contributed by atoms with E-state index in [2.05, 4.69) is 11.2 Å². The van der Waals surface area contributed by atoms with Crippen LogP contribution in [0.25, 0.3) is 0 Å². The molecule has 1 fully saturated rings. The molecule has 1 saturated heterocycles. The summed E-state index contributed by atoms with van der Waals surface area (Å²) in [7, 11) is 0. The zero-order valence-corrected chi connectivity index (χ0v) is 8.07. The van der Waals surface area contributed by atoms with Crippen molar-refractivity contribution in [2.75, 3.05) is 31.6 Å². The third-order valence-corrected chi connectivity index (χ3v) is 2.74. The summed E-state index contributed by atoms with van der Waals surface area (Å²) in [5, 5.41) is 0. The van der Waals surface area contributed by atoms with Gasteiger partial charge in [-0.3, -0.25) is 0 Å². The van der Waals surface area contributed by atoms with Crippen LogP contribution in [0, 0.1) is 0 Å². The van der Waals surface area contributed by atoms with Gasteiger partial charge < -0.3 is 10.6 Å². The van der Waals surface area contributed by atoms with Gasteiger partial charge in [-0.1, -0.05) is 0 Å². The Bertz CT molecular complexity index is 108. The molecule has 1 heterocycles. The number of likely N-dealkylation sites (tertiary alicyclic amines) is 1. The molecular formula is C8H18N2S. The number of piperidine rings is 1. The van der Waals surface area contributed by atoms with Gasteiger partial charge >= 0.3 is 0 Å². The summed E-state index contributed by atoms with van der Waals surface area (Å²) >= 11 is 1.91. The minimum Gasteiger partial charge on any atom is -0.327 e. The van der Waals surface area contributed by atoms with Gasteiger partial charge in [0.25, 0.3) is 0 Å². The molecule has 0 aliphatic carbocycles. The lowest BCUT2D eigenvalue weighted by Gasteiger charge is -2.30. The Morgan fingerprint density at radius 1 is 1.64 bits per heavy atom. The molecule has 2 N–H and O–H groups in total. The fourth-order valence-electron chi connectivity index (χ4n) is 1.51. The molecule has 1 rings (SSSR count). The molecular weight excluding hydrogens is 156 g/mol. The summed E-state index contributed by atoms with van der Waals surface area (Å²) in [6, 6.07) is 0.436. The number of nitrogens with two attached hydrogens (primary N) is 1. The molecule has 1 aliphatic heterocycles. The third-order valence-electron chi connectivity index (χ3n) is 2.15. The molecule has 0 aromatic heterocycles. The normalized spacial score (nSPS) is 27.3. The van der Waals surface area contributed by atoms with Gasteiger partial charge in [-0.05, 0) is 25.6 Å². The molecule has 0 radical (unpaired) electrons. The standard InChI is InChI=1S/C8H18N2S/c1-11-6-5-10-4-2-3-8(9)7-10/h8H,2-7,9H2,1H3/t8-/m1/s1. The summed E-state index contributed by atoms with van der Waals surface area (Å²) in [6.07, 6.45) is 4.66. The molecule has 0 unspecified atom stereocenters. The average Bonchev–Trinajstić information content (AvgIpc) is 2.01. The van der Waals surface area contributed by atoms with E-state index in [-0.39, 0.29) is 0 Å². The van der Waals surface area contributed by atoms with Crippen molar-refractivity contribution in [2.24, 2.45) is 5.73 Å². The Balaban J connectivity index is 2.12. The molecule has 11 heavy (non-hydrogen) atoms. The van der Waals surface area contributed by atoms with Crippen LogP contribution in [-0.4, -0.2) is 42.6 Å². The van der Waals surface area contributed by atoms with Crippen LogP contribution < -0.4 is 5.73 Å². The molecule has 0 saturated carbocycles. The maximum atomic E-state index is 5.85. The highest BCUT2D eigenvalue weighted by atomic mass is 32.2. The van der Waals surface area contributed by atoms with E-state index in [1.54, 1.807) is 0 Å². The lowest BCUT2D eigenvalue weighted by atomic mass is 10.1. The van der Waals surface area contributed by atoms with E-state index < -0.39 is 0 Å². The van der Waals surface area contributed by atoms with E-state index in [4.69, 9.17) is 5.73 Å². The second-order valence-corrected chi connectivity index (χ2v) is 4.18. The minimum absolute atomic E-state index is 0.436. The van der Waals surface area contributed by atoms with Crippen molar-refractivity contribution in [1.82, 2.24) is 4.90 Å². The number of nitrogens with zero attached hydrogens (tertiary/aromatic N) is 1. The summed E-state index contributed by atoms with van der Waals surface area (Å²) < 4.78 is 0. The topological polar surface area (TPSA) is 29.3 Å². The predicted octanol–water partition coefficient (Wildman–Crippen LogP) is 0.773. The first-order chi connectivity index (χ1) is 5.33. The van der Waals surface area contributed by atoms with E-state index in [1.807, 2.05) is 11.8 Å². The van der Waals surface area contributed by atoms with Crippen LogP contribution in [0.5, 0.6) is 0 Å². The smallest absolute Gasteiger partial charge is 0.0168 e. The lowest BCUT2D eigenvalue weighted by molar-refractivity contribution is 0.221. The van der Waals surface area contributed by atoms with E-state index >= 15 is 0 Å². The van der Waals surface area contributed by atoms with Crippen LogP contribution in [0.2, 0.25) is 0 Å². The maximum Gasteiger partial charge on any atom is 0.0168 e. The van der Waals surface area contributed by atoms with Crippen molar-refractivity contribution in [3.63, 3.8) is 0 Å². The molecule has 0 aromatic rings. The van der Waals surface area contributed by atoms with Gasteiger partial charge in [-0.15, -0.1) is 0 Å². The van der Waals surface area contributed by atoms with Crippen LogP contribution in [-0.2, 0) is 0 Å². The summed E-state index contributed by atoms with van der Waals surface area (Å²) in [4.78, 5) is 2.48. The fraction of sp³-hybridized carbons (Fsp3) is 1.00. The predicted molar refractivity (Wildman–Crippen MR) is 52.0 cm³/mol. The molecule has 1 aliphatic rings. The molecule has 0 aromatic carbocycles. The lowest BCUT2D eigenvalue weighted by Crippen LogP contribution is -2.43. The largest absolute Gasteiger partial charge is 0.327 e. The highest BCUT2D eigenvalue weighted by Crippen LogP contribution is 2.08. The second-order valence-electron chi connectivity index (χ2n) is 3.20. The first-order valence-corrected chi connectivity index (χ1v) is 5.69. The Morgan fingerprint density at radius 2 is 2.45 bits per heavy atom. The number of hydrogen-bond acceptors (Lipinski definition) is 3. The van der Waals surface area contributed by atoms with Gasteiger partial charge in [0.15, 0.2) is 0 Å². The van der Waals surface area contributed by atoms with Crippen LogP contribution in [0.4, 0.5) is 0 Å². The van der Waals surface area contributed by atoms with Crippen LogP contribution in [0.15, 0.2) is 0 Å². The van der Waals surface area contributed by atoms with E-state index in [0.29, 0.717) is 6.04 Å². The van der Waals surface area contributed by atoms with Crippen LogP contribution >= 0.6 is 11.8 Å². The number of thioether (sulfide) groups is 1. The third kappa shape index (κ3) is 3.45. The highest BCUT2D eigenvalue weighted by molar-refractivity contribution is 7.98. The maximum absolute atomic E-state index is 5.85. The molecule has 2 nitrogen and oxygen atoms in total. The second kappa shape index (κ2) is 5.01. The molecule has 1 atom stereocenters. The van der Waals surface area contributed by atoms with Gasteiger partial charge in [-0.2, -0.15) is 11.8 Å². The number of rotatable bonds is 3. The first kappa shape index (κ1) is 9.36. The molecule has 66 valence electrons. The zero-order valence-electron chi connectivity index (χ0n) is 7.25. The molecule has 0 bridgehead atoms. The van der Waals surface area contributed by atoms with Crippen molar-refractivity contribution < 1.29 is 0 Å². The van der Waals surface area contributed by atoms with E-state index in [0.717, 1.165) is 6.54 Å². The minimum atomic E-state index is 0.436. The summed E-state index contributed by atoms with van der Waals surface area (Å²) in [5.74, 6) is 1.24. The summed E-state index contributed by atoms with van der Waals surface area (Å²) in [6.45, 7) is 3.59. The summed E-state index contributed by atoms with van der Waals surface area (Å²) in [5.41, 5.74) is 5.85. The monoisotopic (exact) mass is 174 g/mol. The Labute approximate surface area is 73.5 Å². The molecule has 3 heteroatoms. The van der Waals surface area contributed by atoms with Crippen molar-refractivity contribution in [1.29, 1.82) is 0 Å². The van der Waals surface area contributed by atoms with Crippen molar-refractivity contribution >= 4 is 11.8 Å². The average molecular weight is 174 g/mol. The molecule has 0 spiro atoms.